The molecule has 0 N–H and O–H groups in total. The first-order valence-electron chi connectivity index (χ1n) is 7.75. The number of nitrogens with zero attached hydrogens (tertiary/aromatic N) is 2. The third kappa shape index (κ3) is 2.99. The lowest BCUT2D eigenvalue weighted by Crippen LogP contribution is -2.64. The van der Waals surface area contributed by atoms with E-state index in [1.54, 1.807) is 0 Å². The largest absolute Gasteiger partial charge is 0.444 e. The van der Waals surface area contributed by atoms with Crippen LogP contribution in [0.4, 0.5) is 10.5 Å². The first-order valence-corrected chi connectivity index (χ1v) is 7.75. The summed E-state index contributed by atoms with van der Waals surface area (Å²) in [6.45, 7) is 7.44. The van der Waals surface area contributed by atoms with Crippen molar-refractivity contribution in [2.24, 2.45) is 0 Å². The number of carbonyl (C=O) groups excluding carboxylic acids is 1. The highest BCUT2D eigenvalue weighted by atomic mass is 16.6. The molecule has 3 heterocycles. The number of carbonyl (C=O) groups is 1. The number of para-hydroxylation sites is 1. The molecule has 0 unspecified atom stereocenters. The first-order chi connectivity index (χ1) is 9.94. The molecule has 0 spiro atoms. The Morgan fingerprint density at radius 2 is 1.76 bits per heavy atom. The van der Waals surface area contributed by atoms with Gasteiger partial charge in [-0.3, -0.25) is 0 Å². The molecule has 21 heavy (non-hydrogen) atoms. The van der Waals surface area contributed by atoms with Gasteiger partial charge in [0.05, 0.1) is 6.04 Å². The molecule has 3 fully saturated rings. The van der Waals surface area contributed by atoms with Crippen molar-refractivity contribution >= 4 is 11.8 Å². The van der Waals surface area contributed by atoms with Gasteiger partial charge in [0.15, 0.2) is 0 Å². The van der Waals surface area contributed by atoms with Crippen LogP contribution in [-0.2, 0) is 4.74 Å². The van der Waals surface area contributed by atoms with Gasteiger partial charge < -0.3 is 14.5 Å². The maximum Gasteiger partial charge on any atom is 0.410 e. The highest BCUT2D eigenvalue weighted by molar-refractivity contribution is 5.69. The maximum absolute atomic E-state index is 12.3. The molecule has 114 valence electrons. The molecule has 4 nitrogen and oxygen atoms in total. The Morgan fingerprint density at radius 3 is 2.33 bits per heavy atom. The molecule has 4 rings (SSSR count). The minimum atomic E-state index is -0.424. The van der Waals surface area contributed by atoms with Gasteiger partial charge in [-0.1, -0.05) is 18.2 Å². The fourth-order valence-electron chi connectivity index (χ4n) is 3.31. The molecule has 3 aliphatic heterocycles. The Hall–Kier alpha value is -1.71. The van der Waals surface area contributed by atoms with E-state index < -0.39 is 5.60 Å². The van der Waals surface area contributed by atoms with Crippen LogP contribution in [0.15, 0.2) is 30.3 Å². The van der Waals surface area contributed by atoms with Gasteiger partial charge in [-0.15, -0.1) is 0 Å². The van der Waals surface area contributed by atoms with E-state index in [0.717, 1.165) is 25.9 Å². The summed E-state index contributed by atoms with van der Waals surface area (Å²) in [5.41, 5.74) is 0.837. The number of piperidine rings is 2. The number of amides is 1. The molecule has 3 saturated heterocycles. The monoisotopic (exact) mass is 288 g/mol. The lowest BCUT2D eigenvalue weighted by molar-refractivity contribution is 0.000888. The second-order valence-corrected chi connectivity index (χ2v) is 7.01. The molecular formula is C17H24N2O2. The van der Waals surface area contributed by atoms with Crippen LogP contribution in [0.5, 0.6) is 0 Å². The molecule has 1 aromatic rings. The Balaban J connectivity index is 1.71. The normalized spacial score (nSPS) is 25.1. The van der Waals surface area contributed by atoms with Crippen molar-refractivity contribution in [2.75, 3.05) is 18.0 Å². The topological polar surface area (TPSA) is 32.8 Å². The molecule has 0 aromatic heterocycles. The van der Waals surface area contributed by atoms with E-state index >= 15 is 0 Å². The molecule has 4 heteroatoms. The number of anilines is 1. The van der Waals surface area contributed by atoms with Gasteiger partial charge >= 0.3 is 6.09 Å². The van der Waals surface area contributed by atoms with Crippen molar-refractivity contribution in [1.29, 1.82) is 0 Å². The van der Waals surface area contributed by atoms with Crippen molar-refractivity contribution in [3.8, 4) is 0 Å². The van der Waals surface area contributed by atoms with Crippen molar-refractivity contribution in [3.63, 3.8) is 0 Å². The summed E-state index contributed by atoms with van der Waals surface area (Å²) in [6, 6.07) is 11.2. The predicted molar refractivity (Wildman–Crippen MR) is 83.5 cm³/mol. The fraction of sp³-hybridized carbons (Fsp3) is 0.588. The quantitative estimate of drug-likeness (QED) is 0.795. The zero-order valence-corrected chi connectivity index (χ0v) is 13.1. The van der Waals surface area contributed by atoms with E-state index in [2.05, 4.69) is 29.2 Å². The zero-order chi connectivity index (χ0) is 15.0. The summed E-state index contributed by atoms with van der Waals surface area (Å²) in [5.74, 6) is 0. The fourth-order valence-corrected chi connectivity index (χ4v) is 3.31. The van der Waals surface area contributed by atoms with Gasteiger partial charge in [-0.2, -0.15) is 0 Å². The van der Waals surface area contributed by atoms with Crippen LogP contribution < -0.4 is 4.90 Å². The summed E-state index contributed by atoms with van der Waals surface area (Å²) in [4.78, 5) is 16.7. The van der Waals surface area contributed by atoms with E-state index in [9.17, 15) is 4.79 Å². The Morgan fingerprint density at radius 1 is 1.10 bits per heavy atom. The third-order valence-electron chi connectivity index (χ3n) is 4.25. The molecule has 0 radical (unpaired) electrons. The number of hydrogen-bond acceptors (Lipinski definition) is 3. The first kappa shape index (κ1) is 14.2. The van der Waals surface area contributed by atoms with E-state index in [1.165, 1.54) is 5.69 Å². The smallest absolute Gasteiger partial charge is 0.410 e. The van der Waals surface area contributed by atoms with Crippen LogP contribution in [-0.4, -0.2) is 41.8 Å². The average Bonchev–Trinajstić information content (AvgIpc) is 2.47. The number of hydrogen-bond donors (Lipinski definition) is 0. The summed E-state index contributed by atoms with van der Waals surface area (Å²) in [6.07, 6.45) is 2.07. The minimum absolute atomic E-state index is 0.162. The van der Waals surface area contributed by atoms with E-state index in [0.29, 0.717) is 6.04 Å². The number of rotatable bonds is 1. The third-order valence-corrected chi connectivity index (χ3v) is 4.25. The van der Waals surface area contributed by atoms with Crippen molar-refractivity contribution < 1.29 is 9.53 Å². The standard InChI is InChI=1S/C17H24N2O2/c1-17(2,3)21-16(20)19-12-14-9-10-15(19)11-18(14)13-7-5-4-6-8-13/h4-8,14-15H,9-12H2,1-3H3/t14-,15-/m0/s1. The van der Waals surface area contributed by atoms with Gasteiger partial charge in [0.25, 0.3) is 0 Å². The van der Waals surface area contributed by atoms with E-state index in [4.69, 9.17) is 4.74 Å². The molecule has 3 aliphatic rings. The molecule has 1 aromatic carbocycles. The van der Waals surface area contributed by atoms with Crippen molar-refractivity contribution in [1.82, 2.24) is 4.90 Å². The van der Waals surface area contributed by atoms with Crippen LogP contribution in [0.2, 0.25) is 0 Å². The van der Waals surface area contributed by atoms with Crippen LogP contribution >= 0.6 is 0 Å². The second kappa shape index (κ2) is 5.24. The SMILES string of the molecule is CC(C)(C)OC(=O)N1C[C@@H]2CC[C@H]1CN2c1ccccc1. The van der Waals surface area contributed by atoms with Crippen molar-refractivity contribution in [2.45, 2.75) is 51.3 Å². The summed E-state index contributed by atoms with van der Waals surface area (Å²) in [7, 11) is 0. The summed E-state index contributed by atoms with van der Waals surface area (Å²) < 4.78 is 5.54. The summed E-state index contributed by atoms with van der Waals surface area (Å²) >= 11 is 0. The Labute approximate surface area is 126 Å². The Kier molecular flexibility index (Phi) is 3.56. The average molecular weight is 288 g/mol. The Bertz CT molecular complexity index is 509. The highest BCUT2D eigenvalue weighted by Crippen LogP contribution is 2.33. The lowest BCUT2D eigenvalue weighted by Gasteiger charge is -2.52. The van der Waals surface area contributed by atoms with Crippen molar-refractivity contribution in [3.05, 3.63) is 30.3 Å². The van der Waals surface area contributed by atoms with Gasteiger partial charge in [0.1, 0.15) is 5.60 Å². The summed E-state index contributed by atoms with van der Waals surface area (Å²) in [5, 5.41) is 0. The van der Waals surface area contributed by atoms with Crippen LogP contribution in [0, 0.1) is 0 Å². The molecule has 1 amide bonds. The van der Waals surface area contributed by atoms with Crippen LogP contribution in [0.3, 0.4) is 0 Å². The van der Waals surface area contributed by atoms with Gasteiger partial charge in [0, 0.05) is 24.8 Å². The number of ether oxygens (including phenoxy) is 1. The maximum atomic E-state index is 12.3. The van der Waals surface area contributed by atoms with Gasteiger partial charge in [-0.25, -0.2) is 4.79 Å². The molecule has 0 aliphatic carbocycles. The number of fused-ring (bicyclic) bond motifs is 3. The minimum Gasteiger partial charge on any atom is -0.444 e. The second-order valence-electron chi connectivity index (χ2n) is 7.01. The number of benzene rings is 1. The molecule has 2 bridgehead atoms. The van der Waals surface area contributed by atoms with Crippen LogP contribution in [0.1, 0.15) is 33.6 Å². The number of piperazine rings is 1. The van der Waals surface area contributed by atoms with Gasteiger partial charge in [0.2, 0.25) is 0 Å². The highest BCUT2D eigenvalue weighted by Gasteiger charge is 2.42. The van der Waals surface area contributed by atoms with Crippen LogP contribution in [0.25, 0.3) is 0 Å². The zero-order valence-electron chi connectivity index (χ0n) is 13.1. The predicted octanol–water partition coefficient (Wildman–Crippen LogP) is 3.27. The van der Waals surface area contributed by atoms with E-state index in [-0.39, 0.29) is 12.1 Å². The van der Waals surface area contributed by atoms with Gasteiger partial charge in [-0.05, 0) is 45.7 Å². The molecular weight excluding hydrogens is 264 g/mol. The van der Waals surface area contributed by atoms with E-state index in [1.807, 2.05) is 31.7 Å². The lowest BCUT2D eigenvalue weighted by atomic mass is 9.90. The molecule has 2 atom stereocenters. The molecule has 0 saturated carbocycles.